The van der Waals surface area contributed by atoms with Crippen LogP contribution in [0.1, 0.15) is 17.2 Å². The van der Waals surface area contributed by atoms with Crippen molar-refractivity contribution < 1.29 is 9.13 Å². The van der Waals surface area contributed by atoms with E-state index in [9.17, 15) is 4.39 Å². The van der Waals surface area contributed by atoms with Crippen LogP contribution in [0, 0.1) is 5.82 Å². The highest BCUT2D eigenvalue weighted by Gasteiger charge is 2.14. The summed E-state index contributed by atoms with van der Waals surface area (Å²) in [4.78, 5) is 0. The lowest BCUT2D eigenvalue weighted by atomic mass is 9.99. The molecule has 0 bridgehead atoms. The first-order valence-corrected chi connectivity index (χ1v) is 6.97. The molecule has 0 saturated carbocycles. The van der Waals surface area contributed by atoms with Crippen LogP contribution >= 0.6 is 15.9 Å². The van der Waals surface area contributed by atoms with Gasteiger partial charge in [0, 0.05) is 4.47 Å². The van der Waals surface area contributed by atoms with Crippen LogP contribution < -0.4 is 16.0 Å². The van der Waals surface area contributed by atoms with Gasteiger partial charge in [-0.1, -0.05) is 28.1 Å². The van der Waals surface area contributed by atoms with E-state index in [1.165, 1.54) is 6.07 Å². The van der Waals surface area contributed by atoms with E-state index < -0.39 is 0 Å². The molecule has 0 fully saturated rings. The van der Waals surface area contributed by atoms with Crippen molar-refractivity contribution in [2.75, 3.05) is 7.11 Å². The fourth-order valence-electron chi connectivity index (χ4n) is 2.05. The largest absolute Gasteiger partial charge is 0.497 e. The molecular weight excluding hydrogens is 323 g/mol. The molecule has 0 aliphatic heterocycles. The molecule has 3 nitrogen and oxygen atoms in total. The van der Waals surface area contributed by atoms with Crippen LogP contribution in [-0.2, 0) is 6.42 Å². The number of methoxy groups -OCH3 is 1. The number of benzene rings is 2. The Bertz CT molecular complexity index is 592. The topological polar surface area (TPSA) is 47.3 Å². The summed E-state index contributed by atoms with van der Waals surface area (Å²) < 4.78 is 19.8. The lowest BCUT2D eigenvalue weighted by Gasteiger charge is -2.17. The lowest BCUT2D eigenvalue weighted by Crippen LogP contribution is -2.29. The molecule has 2 aromatic carbocycles. The van der Waals surface area contributed by atoms with Crippen LogP contribution in [0.3, 0.4) is 0 Å². The molecule has 0 radical (unpaired) electrons. The first kappa shape index (κ1) is 15.0. The van der Waals surface area contributed by atoms with Gasteiger partial charge in [0.05, 0.1) is 13.2 Å². The maximum Gasteiger partial charge on any atom is 0.126 e. The summed E-state index contributed by atoms with van der Waals surface area (Å²) in [5, 5.41) is 0. The minimum absolute atomic E-state index is 0.186. The smallest absolute Gasteiger partial charge is 0.126 e. The van der Waals surface area contributed by atoms with Crippen LogP contribution in [-0.4, -0.2) is 7.11 Å². The lowest BCUT2D eigenvalue weighted by molar-refractivity contribution is 0.413. The Morgan fingerprint density at radius 1 is 1.30 bits per heavy atom. The minimum Gasteiger partial charge on any atom is -0.497 e. The molecular formula is C15H16BrFN2O. The van der Waals surface area contributed by atoms with E-state index >= 15 is 0 Å². The second kappa shape index (κ2) is 6.83. The average molecular weight is 339 g/mol. The molecule has 0 aliphatic carbocycles. The van der Waals surface area contributed by atoms with Gasteiger partial charge in [0.2, 0.25) is 0 Å². The molecule has 1 atom stereocenters. The predicted octanol–water partition coefficient (Wildman–Crippen LogP) is 3.34. The van der Waals surface area contributed by atoms with E-state index in [2.05, 4.69) is 21.4 Å². The molecule has 0 aliphatic rings. The normalized spacial score (nSPS) is 12.2. The van der Waals surface area contributed by atoms with E-state index in [1.54, 1.807) is 19.2 Å². The van der Waals surface area contributed by atoms with Gasteiger partial charge in [-0.25, -0.2) is 4.39 Å². The second-order valence-electron chi connectivity index (χ2n) is 4.44. The molecule has 2 rings (SSSR count). The van der Waals surface area contributed by atoms with Gasteiger partial charge in [-0.3, -0.25) is 11.3 Å². The van der Waals surface area contributed by atoms with Crippen molar-refractivity contribution >= 4 is 15.9 Å². The zero-order chi connectivity index (χ0) is 14.5. The Labute approximate surface area is 126 Å². The SMILES string of the molecule is COc1cccc(C(Cc2cc(Br)ccc2F)NN)c1. The number of halogens is 2. The number of hydrogen-bond donors (Lipinski definition) is 2. The van der Waals surface area contributed by atoms with E-state index in [0.29, 0.717) is 12.0 Å². The average Bonchev–Trinajstić information content (AvgIpc) is 2.48. The van der Waals surface area contributed by atoms with Crippen molar-refractivity contribution in [2.24, 2.45) is 5.84 Å². The molecule has 0 aromatic heterocycles. The van der Waals surface area contributed by atoms with Gasteiger partial charge in [-0.2, -0.15) is 0 Å². The van der Waals surface area contributed by atoms with E-state index in [4.69, 9.17) is 10.6 Å². The maximum atomic E-state index is 13.8. The third-order valence-corrected chi connectivity index (χ3v) is 3.62. The summed E-state index contributed by atoms with van der Waals surface area (Å²) in [5.41, 5.74) is 4.28. The van der Waals surface area contributed by atoms with Gasteiger partial charge in [0.25, 0.3) is 0 Å². The first-order valence-electron chi connectivity index (χ1n) is 6.18. The van der Waals surface area contributed by atoms with Crippen LogP contribution in [0.2, 0.25) is 0 Å². The molecule has 3 N–H and O–H groups in total. The molecule has 20 heavy (non-hydrogen) atoms. The van der Waals surface area contributed by atoms with Gasteiger partial charge >= 0.3 is 0 Å². The maximum absolute atomic E-state index is 13.8. The molecule has 2 aromatic rings. The third kappa shape index (κ3) is 3.56. The van der Waals surface area contributed by atoms with Gasteiger partial charge in [-0.05, 0) is 47.9 Å². The number of hydrazine groups is 1. The number of ether oxygens (including phenoxy) is 1. The van der Waals surface area contributed by atoms with Gasteiger partial charge in [-0.15, -0.1) is 0 Å². The summed E-state index contributed by atoms with van der Waals surface area (Å²) in [6.07, 6.45) is 0.453. The Morgan fingerprint density at radius 3 is 2.80 bits per heavy atom. The quantitative estimate of drug-likeness (QED) is 0.649. The van der Waals surface area contributed by atoms with Gasteiger partial charge in [0.15, 0.2) is 0 Å². The molecule has 0 saturated heterocycles. The van der Waals surface area contributed by atoms with E-state index in [0.717, 1.165) is 15.8 Å². The van der Waals surface area contributed by atoms with Crippen molar-refractivity contribution in [3.63, 3.8) is 0 Å². The van der Waals surface area contributed by atoms with Crippen molar-refractivity contribution in [3.8, 4) is 5.75 Å². The predicted molar refractivity (Wildman–Crippen MR) is 80.9 cm³/mol. The molecule has 5 heteroatoms. The van der Waals surface area contributed by atoms with Crippen LogP contribution in [0.4, 0.5) is 4.39 Å². The molecule has 0 spiro atoms. The number of nitrogens with one attached hydrogen (secondary N) is 1. The zero-order valence-corrected chi connectivity index (χ0v) is 12.7. The Balaban J connectivity index is 2.26. The molecule has 1 unspecified atom stereocenters. The van der Waals surface area contributed by atoms with Crippen LogP contribution in [0.5, 0.6) is 5.75 Å². The number of hydrogen-bond acceptors (Lipinski definition) is 3. The monoisotopic (exact) mass is 338 g/mol. The Kier molecular flexibility index (Phi) is 5.11. The first-order chi connectivity index (χ1) is 9.63. The highest BCUT2D eigenvalue weighted by atomic mass is 79.9. The van der Waals surface area contributed by atoms with E-state index in [1.807, 2.05) is 24.3 Å². The highest BCUT2D eigenvalue weighted by Crippen LogP contribution is 2.24. The summed E-state index contributed by atoms with van der Waals surface area (Å²) in [5.74, 6) is 6.12. The summed E-state index contributed by atoms with van der Waals surface area (Å²) in [7, 11) is 1.61. The molecule has 106 valence electrons. The fraction of sp³-hybridized carbons (Fsp3) is 0.200. The third-order valence-electron chi connectivity index (χ3n) is 3.13. The van der Waals surface area contributed by atoms with E-state index in [-0.39, 0.29) is 11.9 Å². The second-order valence-corrected chi connectivity index (χ2v) is 5.35. The van der Waals surface area contributed by atoms with Crippen molar-refractivity contribution in [1.82, 2.24) is 5.43 Å². The summed E-state index contributed by atoms with van der Waals surface area (Å²) in [6, 6.07) is 12.3. The Morgan fingerprint density at radius 2 is 2.10 bits per heavy atom. The van der Waals surface area contributed by atoms with Gasteiger partial charge < -0.3 is 4.74 Å². The molecule has 0 heterocycles. The Hall–Kier alpha value is -1.43. The summed E-state index contributed by atoms with van der Waals surface area (Å²) in [6.45, 7) is 0. The van der Waals surface area contributed by atoms with Crippen LogP contribution in [0.25, 0.3) is 0 Å². The zero-order valence-electron chi connectivity index (χ0n) is 11.1. The highest BCUT2D eigenvalue weighted by molar-refractivity contribution is 9.10. The minimum atomic E-state index is -0.239. The standard InChI is InChI=1S/C15H16BrFN2O/c1-20-13-4-2-3-10(8-13)15(19-18)9-11-7-12(16)5-6-14(11)17/h2-8,15,19H,9,18H2,1H3. The number of rotatable bonds is 5. The van der Waals surface area contributed by atoms with Crippen molar-refractivity contribution in [3.05, 3.63) is 63.9 Å². The van der Waals surface area contributed by atoms with Crippen molar-refractivity contribution in [2.45, 2.75) is 12.5 Å². The van der Waals surface area contributed by atoms with Gasteiger partial charge in [0.1, 0.15) is 11.6 Å². The van der Waals surface area contributed by atoms with Crippen LogP contribution in [0.15, 0.2) is 46.9 Å². The molecule has 0 amide bonds. The number of nitrogens with two attached hydrogens (primary N) is 1. The van der Waals surface area contributed by atoms with Crippen molar-refractivity contribution in [1.29, 1.82) is 0 Å². The summed E-state index contributed by atoms with van der Waals surface area (Å²) >= 11 is 3.35. The fourth-order valence-corrected chi connectivity index (χ4v) is 2.46.